The van der Waals surface area contributed by atoms with Gasteiger partial charge in [0.15, 0.2) is 0 Å². The number of hydrogen-bond donors (Lipinski definition) is 1. The van der Waals surface area contributed by atoms with E-state index in [1.165, 1.54) is 11.8 Å². The number of hydrogen-bond acceptors (Lipinski definition) is 4. The lowest BCUT2D eigenvalue weighted by Gasteiger charge is -2.29. The normalized spacial score (nSPS) is 17.6. The molecule has 1 aromatic heterocycles. The molecular weight excluding hydrogens is 379 g/mol. The van der Waals surface area contributed by atoms with Gasteiger partial charge in [0.05, 0.1) is 21.8 Å². The maximum absolute atomic E-state index is 12.6. The number of aliphatic hydroxyl groups excluding tert-OH is 1. The van der Waals surface area contributed by atoms with Crippen LogP contribution in [0.2, 0.25) is 10.0 Å². The average molecular weight is 397 g/mol. The first-order valence-corrected chi connectivity index (χ1v) is 9.79. The second-order valence-corrected chi connectivity index (χ2v) is 7.70. The van der Waals surface area contributed by atoms with Crippen LogP contribution in [-0.4, -0.2) is 40.1 Å². The van der Waals surface area contributed by atoms with E-state index >= 15 is 0 Å². The lowest BCUT2D eigenvalue weighted by molar-refractivity contribution is 0.0469. The number of benzene rings is 1. The number of piperidine rings is 1. The van der Waals surface area contributed by atoms with E-state index in [1.807, 2.05) is 12.1 Å². The van der Waals surface area contributed by atoms with Gasteiger partial charge in [0.25, 0.3) is 5.91 Å². The molecule has 0 spiro atoms. The number of likely N-dealkylation sites (tertiary alicyclic amines) is 1. The van der Waals surface area contributed by atoms with Gasteiger partial charge in [-0.3, -0.25) is 4.79 Å². The fourth-order valence-electron chi connectivity index (χ4n) is 2.75. The number of rotatable bonds is 4. The van der Waals surface area contributed by atoms with E-state index in [0.717, 1.165) is 23.4 Å². The lowest BCUT2D eigenvalue weighted by atomic mass is 10.1. The Bertz CT molecular complexity index is 752. The van der Waals surface area contributed by atoms with E-state index in [0.29, 0.717) is 34.6 Å². The zero-order valence-corrected chi connectivity index (χ0v) is 15.8. The molecule has 1 saturated heterocycles. The average Bonchev–Trinajstić information content (AvgIpc) is 2.61. The molecule has 0 bridgehead atoms. The highest BCUT2D eigenvalue weighted by Gasteiger charge is 2.24. The maximum Gasteiger partial charge on any atom is 0.272 e. The van der Waals surface area contributed by atoms with E-state index in [4.69, 9.17) is 23.2 Å². The van der Waals surface area contributed by atoms with Crippen molar-refractivity contribution in [3.63, 3.8) is 0 Å². The van der Waals surface area contributed by atoms with Gasteiger partial charge in [0.1, 0.15) is 5.69 Å². The first-order chi connectivity index (χ1) is 12.0. The third kappa shape index (κ3) is 4.67. The topological polar surface area (TPSA) is 53.4 Å². The van der Waals surface area contributed by atoms with Crippen LogP contribution in [0.3, 0.4) is 0 Å². The van der Waals surface area contributed by atoms with Crippen molar-refractivity contribution >= 4 is 40.9 Å². The summed E-state index contributed by atoms with van der Waals surface area (Å²) >= 11 is 13.9. The van der Waals surface area contributed by atoms with Crippen LogP contribution in [-0.2, 0) is 5.75 Å². The third-order valence-corrected chi connectivity index (χ3v) is 6.02. The van der Waals surface area contributed by atoms with E-state index in [1.54, 1.807) is 29.2 Å². The Morgan fingerprint density at radius 1 is 1.24 bits per heavy atom. The molecule has 1 aromatic carbocycles. The number of β-amino-alcohol motifs (C(OH)–C–C–N with tert-alkyl or cyclic N) is 1. The molecule has 0 aliphatic carbocycles. The summed E-state index contributed by atoms with van der Waals surface area (Å²) in [6.07, 6.45) is 1.11. The summed E-state index contributed by atoms with van der Waals surface area (Å²) in [6, 6.07) is 10.8. The molecule has 0 radical (unpaired) electrons. The molecule has 1 aliphatic heterocycles. The molecule has 1 atom stereocenters. The number of amides is 1. The molecule has 132 valence electrons. The Morgan fingerprint density at radius 3 is 2.68 bits per heavy atom. The molecule has 1 N–H and O–H groups in total. The van der Waals surface area contributed by atoms with Gasteiger partial charge in [-0.05, 0) is 37.1 Å². The van der Waals surface area contributed by atoms with Crippen molar-refractivity contribution < 1.29 is 9.90 Å². The molecule has 1 aliphatic rings. The van der Waals surface area contributed by atoms with Gasteiger partial charge in [-0.15, -0.1) is 11.8 Å². The zero-order chi connectivity index (χ0) is 17.8. The van der Waals surface area contributed by atoms with Gasteiger partial charge in [-0.1, -0.05) is 35.3 Å². The zero-order valence-electron chi connectivity index (χ0n) is 13.5. The Kier molecular flexibility index (Phi) is 6.23. The quantitative estimate of drug-likeness (QED) is 0.783. The number of pyridine rings is 1. The van der Waals surface area contributed by atoms with Crippen molar-refractivity contribution in [2.24, 2.45) is 0 Å². The molecule has 2 heterocycles. The molecule has 25 heavy (non-hydrogen) atoms. The minimum atomic E-state index is -0.446. The number of carbonyl (C=O) groups excluding carboxylic acids is 1. The van der Waals surface area contributed by atoms with Gasteiger partial charge in [-0.2, -0.15) is 0 Å². The second kappa shape index (κ2) is 8.41. The van der Waals surface area contributed by atoms with Crippen LogP contribution >= 0.6 is 35.0 Å². The smallest absolute Gasteiger partial charge is 0.272 e. The Morgan fingerprint density at radius 2 is 1.96 bits per heavy atom. The number of aromatic nitrogens is 1. The molecule has 4 nitrogen and oxygen atoms in total. The highest BCUT2D eigenvalue weighted by Crippen LogP contribution is 2.35. The van der Waals surface area contributed by atoms with Crippen molar-refractivity contribution in [1.82, 2.24) is 9.88 Å². The Balaban J connectivity index is 1.70. The standard InChI is InChI=1S/C18H18Cl2N2O2S/c19-14-6-2-7-15(20)17(14)25-11-12-4-1-8-16(21-12)18(24)22-9-3-5-13(23)10-22/h1-2,4,6-8,13,23H,3,5,9-11H2. The predicted molar refractivity (Wildman–Crippen MR) is 101 cm³/mol. The van der Waals surface area contributed by atoms with Gasteiger partial charge in [0.2, 0.25) is 0 Å². The number of halogens is 2. The van der Waals surface area contributed by atoms with Gasteiger partial charge < -0.3 is 10.0 Å². The molecule has 1 amide bonds. The summed E-state index contributed by atoms with van der Waals surface area (Å²) in [4.78, 5) is 19.5. The van der Waals surface area contributed by atoms with Crippen LogP contribution in [0.5, 0.6) is 0 Å². The highest BCUT2D eigenvalue weighted by molar-refractivity contribution is 7.98. The minimum Gasteiger partial charge on any atom is -0.391 e. The highest BCUT2D eigenvalue weighted by atomic mass is 35.5. The van der Waals surface area contributed by atoms with E-state index in [2.05, 4.69) is 4.98 Å². The maximum atomic E-state index is 12.6. The van der Waals surface area contributed by atoms with Crippen LogP contribution in [0.25, 0.3) is 0 Å². The molecule has 1 unspecified atom stereocenters. The van der Waals surface area contributed by atoms with Gasteiger partial charge >= 0.3 is 0 Å². The van der Waals surface area contributed by atoms with Crippen LogP contribution in [0.4, 0.5) is 0 Å². The van der Waals surface area contributed by atoms with Crippen molar-refractivity contribution in [1.29, 1.82) is 0 Å². The molecule has 2 aromatic rings. The second-order valence-electron chi connectivity index (χ2n) is 5.90. The molecule has 3 rings (SSSR count). The summed E-state index contributed by atoms with van der Waals surface area (Å²) in [6.45, 7) is 1.03. The first kappa shape index (κ1) is 18.5. The van der Waals surface area contributed by atoms with E-state index < -0.39 is 6.10 Å². The Labute approximate surface area is 161 Å². The molecular formula is C18H18Cl2N2O2S. The summed E-state index contributed by atoms with van der Waals surface area (Å²) in [5.41, 5.74) is 1.18. The largest absolute Gasteiger partial charge is 0.391 e. The fraction of sp³-hybridized carbons (Fsp3) is 0.333. The summed E-state index contributed by atoms with van der Waals surface area (Å²) in [5.74, 6) is 0.425. The fourth-order valence-corrected chi connectivity index (χ4v) is 4.34. The van der Waals surface area contributed by atoms with Crippen LogP contribution in [0.15, 0.2) is 41.3 Å². The monoisotopic (exact) mass is 396 g/mol. The third-order valence-electron chi connectivity index (χ3n) is 3.99. The first-order valence-electron chi connectivity index (χ1n) is 8.04. The molecule has 1 fully saturated rings. The predicted octanol–water partition coefficient (Wildman–Crippen LogP) is 4.28. The summed E-state index contributed by atoms with van der Waals surface area (Å²) in [7, 11) is 0. The Hall–Kier alpha value is -1.27. The number of nitrogens with zero attached hydrogens (tertiary/aromatic N) is 2. The number of carbonyl (C=O) groups is 1. The summed E-state index contributed by atoms with van der Waals surface area (Å²) < 4.78 is 0. The van der Waals surface area contributed by atoms with Crippen molar-refractivity contribution in [3.8, 4) is 0 Å². The van der Waals surface area contributed by atoms with Crippen molar-refractivity contribution in [2.45, 2.75) is 29.6 Å². The SMILES string of the molecule is O=C(c1cccc(CSc2c(Cl)cccc2Cl)n1)N1CCCC(O)C1. The number of aliphatic hydroxyl groups is 1. The molecule has 0 saturated carbocycles. The van der Waals surface area contributed by atoms with E-state index in [-0.39, 0.29) is 5.91 Å². The van der Waals surface area contributed by atoms with Crippen LogP contribution in [0, 0.1) is 0 Å². The van der Waals surface area contributed by atoms with Crippen molar-refractivity contribution in [2.75, 3.05) is 13.1 Å². The van der Waals surface area contributed by atoms with Crippen LogP contribution in [0.1, 0.15) is 29.0 Å². The summed E-state index contributed by atoms with van der Waals surface area (Å²) in [5, 5.41) is 11.0. The number of thioether (sulfide) groups is 1. The van der Waals surface area contributed by atoms with Crippen molar-refractivity contribution in [3.05, 3.63) is 57.8 Å². The van der Waals surface area contributed by atoms with Gasteiger partial charge in [-0.25, -0.2) is 4.98 Å². The van der Waals surface area contributed by atoms with Crippen LogP contribution < -0.4 is 0 Å². The molecule has 7 heteroatoms. The lowest BCUT2D eigenvalue weighted by Crippen LogP contribution is -2.42. The minimum absolute atomic E-state index is 0.138. The van der Waals surface area contributed by atoms with Gasteiger partial charge in [0, 0.05) is 23.7 Å². The van der Waals surface area contributed by atoms with E-state index in [9.17, 15) is 9.90 Å².